The van der Waals surface area contributed by atoms with E-state index in [2.05, 4.69) is 25.5 Å². The van der Waals surface area contributed by atoms with Crippen LogP contribution in [0.4, 0.5) is 17.5 Å². The zero-order valence-corrected chi connectivity index (χ0v) is 15.2. The molecule has 3 rings (SSSR count). The zero-order chi connectivity index (χ0) is 18.2. The first-order chi connectivity index (χ1) is 12.8. The van der Waals surface area contributed by atoms with Crippen LogP contribution in [0.1, 0.15) is 0 Å². The van der Waals surface area contributed by atoms with Gasteiger partial charge in [-0.2, -0.15) is 4.98 Å². The van der Waals surface area contributed by atoms with Crippen molar-refractivity contribution >= 4 is 17.5 Å². The molecule has 140 valence electrons. The van der Waals surface area contributed by atoms with Gasteiger partial charge in [0.1, 0.15) is 17.3 Å². The van der Waals surface area contributed by atoms with Gasteiger partial charge in [-0.05, 0) is 18.2 Å². The summed E-state index contributed by atoms with van der Waals surface area (Å²) >= 11 is 0. The SMILES string of the molecule is COc1ccc(Nc2ccnc(NCCN3CCOCC3)n2)c(OC)c1. The fourth-order valence-corrected chi connectivity index (χ4v) is 2.70. The van der Waals surface area contributed by atoms with Gasteiger partial charge in [-0.1, -0.05) is 0 Å². The van der Waals surface area contributed by atoms with Gasteiger partial charge in [0.2, 0.25) is 5.95 Å². The van der Waals surface area contributed by atoms with E-state index in [9.17, 15) is 0 Å². The minimum Gasteiger partial charge on any atom is -0.497 e. The Morgan fingerprint density at radius 3 is 2.77 bits per heavy atom. The highest BCUT2D eigenvalue weighted by Crippen LogP contribution is 2.31. The summed E-state index contributed by atoms with van der Waals surface area (Å²) in [6, 6.07) is 7.40. The van der Waals surface area contributed by atoms with Crippen LogP contribution in [0.2, 0.25) is 0 Å². The van der Waals surface area contributed by atoms with E-state index >= 15 is 0 Å². The van der Waals surface area contributed by atoms with Crippen molar-refractivity contribution in [3.05, 3.63) is 30.5 Å². The van der Waals surface area contributed by atoms with Crippen LogP contribution in [0.3, 0.4) is 0 Å². The summed E-state index contributed by atoms with van der Waals surface area (Å²) in [4.78, 5) is 11.1. The predicted molar refractivity (Wildman–Crippen MR) is 101 cm³/mol. The van der Waals surface area contributed by atoms with Gasteiger partial charge in [0.25, 0.3) is 0 Å². The van der Waals surface area contributed by atoms with Crippen molar-refractivity contribution in [3.8, 4) is 11.5 Å². The number of ether oxygens (including phenoxy) is 3. The van der Waals surface area contributed by atoms with E-state index < -0.39 is 0 Å². The maximum absolute atomic E-state index is 5.41. The molecule has 0 bridgehead atoms. The molecule has 1 aliphatic heterocycles. The molecule has 1 aromatic heterocycles. The lowest BCUT2D eigenvalue weighted by Crippen LogP contribution is -2.39. The van der Waals surface area contributed by atoms with Crippen molar-refractivity contribution in [2.45, 2.75) is 0 Å². The van der Waals surface area contributed by atoms with Gasteiger partial charge in [-0.25, -0.2) is 4.98 Å². The first-order valence-corrected chi connectivity index (χ1v) is 8.64. The molecule has 0 unspecified atom stereocenters. The Labute approximate surface area is 153 Å². The number of aromatic nitrogens is 2. The molecule has 2 heterocycles. The molecule has 1 aromatic carbocycles. The molecule has 0 spiro atoms. The molecular weight excluding hydrogens is 334 g/mol. The second-order valence-corrected chi connectivity index (χ2v) is 5.84. The van der Waals surface area contributed by atoms with Crippen molar-refractivity contribution in [1.82, 2.24) is 14.9 Å². The van der Waals surface area contributed by atoms with Crippen LogP contribution < -0.4 is 20.1 Å². The second kappa shape index (κ2) is 9.21. The number of hydrogen-bond donors (Lipinski definition) is 2. The normalized spacial score (nSPS) is 14.7. The summed E-state index contributed by atoms with van der Waals surface area (Å²) in [5.41, 5.74) is 0.811. The van der Waals surface area contributed by atoms with Crippen molar-refractivity contribution in [2.75, 3.05) is 64.2 Å². The maximum atomic E-state index is 5.41. The number of hydrogen-bond acceptors (Lipinski definition) is 8. The number of morpholine rings is 1. The van der Waals surface area contributed by atoms with Gasteiger partial charge in [0.05, 0.1) is 33.1 Å². The smallest absolute Gasteiger partial charge is 0.224 e. The minimum absolute atomic E-state index is 0.593. The molecule has 0 radical (unpaired) electrons. The van der Waals surface area contributed by atoms with E-state index in [4.69, 9.17) is 14.2 Å². The molecule has 8 nitrogen and oxygen atoms in total. The Morgan fingerprint density at radius 1 is 1.15 bits per heavy atom. The molecule has 1 aliphatic rings. The monoisotopic (exact) mass is 359 g/mol. The molecule has 0 amide bonds. The fraction of sp³-hybridized carbons (Fsp3) is 0.444. The Bertz CT molecular complexity index is 707. The maximum Gasteiger partial charge on any atom is 0.224 e. The van der Waals surface area contributed by atoms with E-state index in [0.29, 0.717) is 17.5 Å². The Kier molecular flexibility index (Phi) is 6.45. The third kappa shape index (κ3) is 4.96. The molecule has 2 N–H and O–H groups in total. The van der Waals surface area contributed by atoms with Crippen LogP contribution in [0, 0.1) is 0 Å². The molecule has 8 heteroatoms. The standard InChI is InChI=1S/C18H25N5O3/c1-24-14-3-4-15(16(13-14)25-2)21-17-5-6-19-18(22-17)20-7-8-23-9-11-26-12-10-23/h3-6,13H,7-12H2,1-2H3,(H2,19,20,21,22). The summed E-state index contributed by atoms with van der Waals surface area (Å²) in [6.45, 7) is 5.29. The van der Waals surface area contributed by atoms with E-state index in [0.717, 1.165) is 50.8 Å². The van der Waals surface area contributed by atoms with E-state index in [-0.39, 0.29) is 0 Å². The Morgan fingerprint density at radius 2 is 2.00 bits per heavy atom. The fourth-order valence-electron chi connectivity index (χ4n) is 2.70. The van der Waals surface area contributed by atoms with Gasteiger partial charge in [0, 0.05) is 38.4 Å². The Hall–Kier alpha value is -2.58. The zero-order valence-electron chi connectivity index (χ0n) is 15.2. The van der Waals surface area contributed by atoms with Gasteiger partial charge in [0.15, 0.2) is 0 Å². The lowest BCUT2D eigenvalue weighted by atomic mass is 10.2. The molecule has 1 saturated heterocycles. The van der Waals surface area contributed by atoms with Crippen molar-refractivity contribution in [3.63, 3.8) is 0 Å². The third-order valence-corrected chi connectivity index (χ3v) is 4.14. The van der Waals surface area contributed by atoms with E-state index in [1.807, 2.05) is 24.3 Å². The Balaban J connectivity index is 1.58. The first-order valence-electron chi connectivity index (χ1n) is 8.64. The van der Waals surface area contributed by atoms with Gasteiger partial charge in [-0.3, -0.25) is 4.90 Å². The number of nitrogens with zero attached hydrogens (tertiary/aromatic N) is 3. The minimum atomic E-state index is 0.593. The number of rotatable bonds is 8. The summed E-state index contributed by atoms with van der Waals surface area (Å²) in [6.07, 6.45) is 1.72. The summed E-state index contributed by atoms with van der Waals surface area (Å²) in [5, 5.41) is 6.53. The average Bonchev–Trinajstić information content (AvgIpc) is 2.69. The number of anilines is 3. The van der Waals surface area contributed by atoms with Crippen LogP contribution in [0.5, 0.6) is 11.5 Å². The van der Waals surface area contributed by atoms with Crippen LogP contribution in [0.25, 0.3) is 0 Å². The topological polar surface area (TPSA) is 80.8 Å². The van der Waals surface area contributed by atoms with Crippen LogP contribution >= 0.6 is 0 Å². The largest absolute Gasteiger partial charge is 0.497 e. The van der Waals surface area contributed by atoms with Crippen molar-refractivity contribution < 1.29 is 14.2 Å². The highest BCUT2D eigenvalue weighted by molar-refractivity contribution is 5.66. The van der Waals surface area contributed by atoms with Crippen molar-refractivity contribution in [2.24, 2.45) is 0 Å². The number of nitrogens with one attached hydrogen (secondary N) is 2. The summed E-state index contributed by atoms with van der Waals surface area (Å²) in [7, 11) is 3.25. The van der Waals surface area contributed by atoms with Crippen LogP contribution in [-0.2, 0) is 4.74 Å². The predicted octanol–water partition coefficient (Wildman–Crippen LogP) is 1.98. The summed E-state index contributed by atoms with van der Waals surface area (Å²) in [5.74, 6) is 2.71. The quantitative estimate of drug-likeness (QED) is 0.741. The first kappa shape index (κ1) is 18.2. The van der Waals surface area contributed by atoms with E-state index in [1.165, 1.54) is 0 Å². The number of benzene rings is 1. The molecule has 2 aromatic rings. The molecular formula is C18H25N5O3. The molecule has 26 heavy (non-hydrogen) atoms. The third-order valence-electron chi connectivity index (χ3n) is 4.14. The number of methoxy groups -OCH3 is 2. The highest BCUT2D eigenvalue weighted by atomic mass is 16.5. The lowest BCUT2D eigenvalue weighted by molar-refractivity contribution is 0.0398. The molecule has 0 saturated carbocycles. The average molecular weight is 359 g/mol. The van der Waals surface area contributed by atoms with Gasteiger partial charge in [-0.15, -0.1) is 0 Å². The highest BCUT2D eigenvalue weighted by Gasteiger charge is 2.10. The molecule has 0 aliphatic carbocycles. The van der Waals surface area contributed by atoms with Crippen molar-refractivity contribution in [1.29, 1.82) is 0 Å². The second-order valence-electron chi connectivity index (χ2n) is 5.84. The summed E-state index contributed by atoms with van der Waals surface area (Å²) < 4.78 is 16.0. The molecule has 1 fully saturated rings. The lowest BCUT2D eigenvalue weighted by Gasteiger charge is -2.26. The van der Waals surface area contributed by atoms with Gasteiger partial charge < -0.3 is 24.8 Å². The van der Waals surface area contributed by atoms with E-state index in [1.54, 1.807) is 20.4 Å². The van der Waals surface area contributed by atoms with Crippen LogP contribution in [0.15, 0.2) is 30.5 Å². The molecule has 0 atom stereocenters. The van der Waals surface area contributed by atoms with Crippen LogP contribution in [-0.4, -0.2) is 68.5 Å². The van der Waals surface area contributed by atoms with Gasteiger partial charge >= 0.3 is 0 Å².